The number of benzene rings is 1. The van der Waals surface area contributed by atoms with E-state index in [0.717, 1.165) is 18.4 Å². The van der Waals surface area contributed by atoms with Crippen LogP contribution in [0.4, 0.5) is 0 Å². The van der Waals surface area contributed by atoms with Crippen molar-refractivity contribution in [3.8, 4) is 0 Å². The molecule has 18 heavy (non-hydrogen) atoms. The Morgan fingerprint density at radius 3 is 2.39 bits per heavy atom. The van der Waals surface area contributed by atoms with E-state index >= 15 is 0 Å². The van der Waals surface area contributed by atoms with Crippen LogP contribution < -0.4 is 0 Å². The summed E-state index contributed by atoms with van der Waals surface area (Å²) in [5.41, 5.74) is 1.15. The molecule has 1 atom stereocenters. The van der Waals surface area contributed by atoms with Gasteiger partial charge in [-0.15, -0.1) is 0 Å². The van der Waals surface area contributed by atoms with Crippen molar-refractivity contribution in [3.05, 3.63) is 42.0 Å². The number of unbranched alkanes of at least 4 members (excludes halogenated alkanes) is 5. The van der Waals surface area contributed by atoms with Crippen LogP contribution in [0, 0.1) is 0 Å². The van der Waals surface area contributed by atoms with Gasteiger partial charge in [0.1, 0.15) is 0 Å². The summed E-state index contributed by atoms with van der Waals surface area (Å²) in [6, 6.07) is 10.1. The van der Waals surface area contributed by atoms with Crippen molar-refractivity contribution < 1.29 is 5.11 Å². The second-order valence-corrected chi connectivity index (χ2v) is 4.89. The third-order valence-electron chi connectivity index (χ3n) is 3.16. The zero-order valence-electron chi connectivity index (χ0n) is 11.5. The molecule has 100 valence electrons. The van der Waals surface area contributed by atoms with Crippen molar-refractivity contribution in [3.63, 3.8) is 0 Å². The Kier molecular flexibility index (Phi) is 8.24. The summed E-state index contributed by atoms with van der Waals surface area (Å²) in [5.74, 6) is 0. The van der Waals surface area contributed by atoms with Crippen LogP contribution in [0.5, 0.6) is 0 Å². The highest BCUT2D eigenvalue weighted by atomic mass is 16.3. The van der Waals surface area contributed by atoms with Gasteiger partial charge in [-0.25, -0.2) is 0 Å². The molecule has 0 amide bonds. The molecular formula is C17H26O. The Balaban J connectivity index is 2.10. The fourth-order valence-electron chi connectivity index (χ4n) is 2.02. The van der Waals surface area contributed by atoms with Crippen LogP contribution in [-0.4, -0.2) is 11.2 Å². The van der Waals surface area contributed by atoms with Gasteiger partial charge in [-0.3, -0.25) is 0 Å². The number of hydrogen-bond acceptors (Lipinski definition) is 1. The average molecular weight is 246 g/mol. The van der Waals surface area contributed by atoms with Crippen molar-refractivity contribution >= 4 is 6.08 Å². The molecule has 0 heterocycles. The molecule has 1 nitrogen and oxygen atoms in total. The predicted molar refractivity (Wildman–Crippen MR) is 79.5 cm³/mol. The molecule has 0 bridgehead atoms. The van der Waals surface area contributed by atoms with Gasteiger partial charge in [0.25, 0.3) is 0 Å². The zero-order valence-corrected chi connectivity index (χ0v) is 11.5. The molecule has 0 aromatic heterocycles. The fraction of sp³-hybridized carbons (Fsp3) is 0.529. The quantitative estimate of drug-likeness (QED) is 0.620. The van der Waals surface area contributed by atoms with Crippen LogP contribution in [0.1, 0.15) is 57.4 Å². The van der Waals surface area contributed by atoms with Crippen molar-refractivity contribution in [2.24, 2.45) is 0 Å². The Bertz CT molecular complexity index is 316. The summed E-state index contributed by atoms with van der Waals surface area (Å²) >= 11 is 0. The van der Waals surface area contributed by atoms with E-state index in [1.165, 1.54) is 32.1 Å². The van der Waals surface area contributed by atoms with Gasteiger partial charge in [0.2, 0.25) is 0 Å². The van der Waals surface area contributed by atoms with E-state index in [4.69, 9.17) is 0 Å². The third kappa shape index (κ3) is 7.29. The van der Waals surface area contributed by atoms with Crippen LogP contribution in [0.15, 0.2) is 36.4 Å². The monoisotopic (exact) mass is 246 g/mol. The van der Waals surface area contributed by atoms with Crippen LogP contribution in [-0.2, 0) is 0 Å². The number of aliphatic hydroxyl groups is 1. The van der Waals surface area contributed by atoms with Crippen LogP contribution in [0.25, 0.3) is 6.08 Å². The molecule has 1 unspecified atom stereocenters. The van der Waals surface area contributed by atoms with Crippen molar-refractivity contribution in [1.29, 1.82) is 0 Å². The molecule has 0 saturated heterocycles. The van der Waals surface area contributed by atoms with E-state index in [1.807, 2.05) is 42.5 Å². The number of hydrogen-bond donors (Lipinski definition) is 1. The van der Waals surface area contributed by atoms with Crippen LogP contribution in [0.3, 0.4) is 0 Å². The van der Waals surface area contributed by atoms with Gasteiger partial charge in [0.05, 0.1) is 6.10 Å². The standard InChI is InChI=1S/C17H26O/c1-2-3-4-5-6-10-13-17(18)15-14-16-11-8-7-9-12-16/h7-9,11-12,14-15,17-18H,2-6,10,13H2,1H3. The van der Waals surface area contributed by atoms with E-state index < -0.39 is 0 Å². The van der Waals surface area contributed by atoms with E-state index in [2.05, 4.69) is 6.92 Å². The fourth-order valence-corrected chi connectivity index (χ4v) is 2.02. The predicted octanol–water partition coefficient (Wildman–Crippen LogP) is 4.81. The first-order chi connectivity index (χ1) is 8.83. The van der Waals surface area contributed by atoms with Gasteiger partial charge < -0.3 is 5.11 Å². The lowest BCUT2D eigenvalue weighted by Crippen LogP contribution is -2.01. The van der Waals surface area contributed by atoms with Crippen LogP contribution >= 0.6 is 0 Å². The third-order valence-corrected chi connectivity index (χ3v) is 3.16. The van der Waals surface area contributed by atoms with Crippen molar-refractivity contribution in [1.82, 2.24) is 0 Å². The smallest absolute Gasteiger partial charge is 0.0724 e. The van der Waals surface area contributed by atoms with Crippen molar-refractivity contribution in [2.45, 2.75) is 58.0 Å². The van der Waals surface area contributed by atoms with E-state index in [-0.39, 0.29) is 6.10 Å². The lowest BCUT2D eigenvalue weighted by atomic mass is 10.1. The molecule has 1 aromatic carbocycles. The summed E-state index contributed by atoms with van der Waals surface area (Å²) in [6.45, 7) is 2.23. The van der Waals surface area contributed by atoms with Gasteiger partial charge in [0.15, 0.2) is 0 Å². The van der Waals surface area contributed by atoms with E-state index in [1.54, 1.807) is 0 Å². The average Bonchev–Trinajstić information content (AvgIpc) is 2.41. The number of aliphatic hydroxyl groups excluding tert-OH is 1. The van der Waals surface area contributed by atoms with Gasteiger partial charge in [0, 0.05) is 0 Å². The topological polar surface area (TPSA) is 20.2 Å². The molecule has 1 heteroatoms. The summed E-state index contributed by atoms with van der Waals surface area (Å²) in [7, 11) is 0. The Morgan fingerprint density at radius 1 is 1.00 bits per heavy atom. The van der Waals surface area contributed by atoms with Crippen LogP contribution in [0.2, 0.25) is 0 Å². The Labute approximate surface area is 112 Å². The highest BCUT2D eigenvalue weighted by molar-refractivity contribution is 5.49. The molecule has 0 aliphatic rings. The maximum absolute atomic E-state index is 9.83. The van der Waals surface area contributed by atoms with E-state index in [0.29, 0.717) is 0 Å². The molecule has 1 rings (SSSR count). The summed E-state index contributed by atoms with van der Waals surface area (Å²) < 4.78 is 0. The SMILES string of the molecule is CCCCCCCCC(O)C=Cc1ccccc1. The summed E-state index contributed by atoms with van der Waals surface area (Å²) in [5, 5.41) is 9.83. The molecule has 0 spiro atoms. The Hall–Kier alpha value is -1.08. The molecule has 0 fully saturated rings. The summed E-state index contributed by atoms with van der Waals surface area (Å²) in [4.78, 5) is 0. The first-order valence-electron chi connectivity index (χ1n) is 7.24. The highest BCUT2D eigenvalue weighted by Crippen LogP contribution is 2.10. The van der Waals surface area contributed by atoms with Gasteiger partial charge >= 0.3 is 0 Å². The highest BCUT2D eigenvalue weighted by Gasteiger charge is 1.98. The molecule has 0 radical (unpaired) electrons. The lowest BCUT2D eigenvalue weighted by Gasteiger charge is -2.05. The molecule has 0 saturated carbocycles. The van der Waals surface area contributed by atoms with Gasteiger partial charge in [-0.1, -0.05) is 87.9 Å². The minimum absolute atomic E-state index is 0.295. The molecule has 1 N–H and O–H groups in total. The summed E-state index contributed by atoms with van der Waals surface area (Å²) in [6.07, 6.45) is 12.2. The van der Waals surface area contributed by atoms with Gasteiger partial charge in [-0.05, 0) is 12.0 Å². The molecule has 0 aliphatic carbocycles. The second kappa shape index (κ2) is 9.90. The maximum Gasteiger partial charge on any atom is 0.0724 e. The minimum Gasteiger partial charge on any atom is -0.389 e. The lowest BCUT2D eigenvalue weighted by molar-refractivity contribution is 0.209. The zero-order chi connectivity index (χ0) is 13.1. The largest absolute Gasteiger partial charge is 0.389 e. The van der Waals surface area contributed by atoms with Crippen molar-refractivity contribution in [2.75, 3.05) is 0 Å². The molecule has 0 aliphatic heterocycles. The number of rotatable bonds is 9. The normalized spacial score (nSPS) is 13.0. The maximum atomic E-state index is 9.83. The second-order valence-electron chi connectivity index (χ2n) is 4.89. The van der Waals surface area contributed by atoms with E-state index in [9.17, 15) is 5.11 Å². The van der Waals surface area contributed by atoms with Gasteiger partial charge in [-0.2, -0.15) is 0 Å². The Morgan fingerprint density at radius 2 is 1.67 bits per heavy atom. The molecular weight excluding hydrogens is 220 g/mol. The first-order valence-corrected chi connectivity index (χ1v) is 7.24. The minimum atomic E-state index is -0.295. The molecule has 1 aromatic rings. The first kappa shape index (κ1) is 15.0.